The number of halogens is 1. The van der Waals surface area contributed by atoms with Crippen molar-refractivity contribution >= 4 is 17.5 Å². The van der Waals surface area contributed by atoms with Gasteiger partial charge >= 0.3 is 0 Å². The fraction of sp³-hybridized carbons (Fsp3) is 0.238. The molecule has 3 aromatic rings. The van der Waals surface area contributed by atoms with Crippen molar-refractivity contribution in [2.24, 2.45) is 0 Å². The Balaban J connectivity index is 1.65. The number of hydrogen-bond acceptors (Lipinski definition) is 3. The first-order valence-electron chi connectivity index (χ1n) is 8.89. The van der Waals surface area contributed by atoms with E-state index in [1.807, 2.05) is 37.3 Å². The van der Waals surface area contributed by atoms with Crippen LogP contribution in [0.25, 0.3) is 11.3 Å². The highest BCUT2D eigenvalue weighted by molar-refractivity contribution is 6.30. The lowest BCUT2D eigenvalue weighted by molar-refractivity contribution is -0.128. The van der Waals surface area contributed by atoms with Gasteiger partial charge in [0.1, 0.15) is 11.6 Å². The highest BCUT2D eigenvalue weighted by Crippen LogP contribution is 2.21. The topological polar surface area (TPSA) is 67.0 Å². The number of rotatable bonds is 7. The van der Waals surface area contributed by atoms with Crippen molar-refractivity contribution < 1.29 is 9.53 Å². The van der Waals surface area contributed by atoms with Gasteiger partial charge in [0.2, 0.25) is 0 Å². The van der Waals surface area contributed by atoms with Crippen molar-refractivity contribution in [2.75, 3.05) is 0 Å². The second-order valence-electron chi connectivity index (χ2n) is 6.23. The Morgan fingerprint density at radius 1 is 1.19 bits per heavy atom. The maximum Gasteiger partial charge on any atom is 0.261 e. The van der Waals surface area contributed by atoms with Crippen LogP contribution in [0.15, 0.2) is 60.8 Å². The van der Waals surface area contributed by atoms with Gasteiger partial charge in [0.15, 0.2) is 6.10 Å². The van der Waals surface area contributed by atoms with E-state index >= 15 is 0 Å². The molecule has 2 N–H and O–H groups in total. The second kappa shape index (κ2) is 8.73. The first kappa shape index (κ1) is 19.0. The van der Waals surface area contributed by atoms with E-state index in [1.54, 1.807) is 37.4 Å². The van der Waals surface area contributed by atoms with Gasteiger partial charge in [-0.1, -0.05) is 48.9 Å². The lowest BCUT2D eigenvalue weighted by Crippen LogP contribution is -2.38. The molecule has 2 atom stereocenters. The first-order valence-corrected chi connectivity index (χ1v) is 9.27. The van der Waals surface area contributed by atoms with Gasteiger partial charge in [0.25, 0.3) is 5.91 Å². The number of hydrogen-bond donors (Lipinski definition) is 2. The van der Waals surface area contributed by atoms with Crippen LogP contribution in [0.3, 0.4) is 0 Å². The summed E-state index contributed by atoms with van der Waals surface area (Å²) in [7, 11) is 0. The van der Waals surface area contributed by atoms with Crippen LogP contribution in [-0.2, 0) is 4.79 Å². The molecule has 0 aliphatic carbocycles. The van der Waals surface area contributed by atoms with E-state index in [-0.39, 0.29) is 11.9 Å². The number of ether oxygens (including phenoxy) is 1. The van der Waals surface area contributed by atoms with Gasteiger partial charge in [-0.3, -0.25) is 4.79 Å². The molecule has 0 spiro atoms. The molecule has 27 heavy (non-hydrogen) atoms. The minimum absolute atomic E-state index is 0.200. The van der Waals surface area contributed by atoms with E-state index in [2.05, 4.69) is 15.3 Å². The summed E-state index contributed by atoms with van der Waals surface area (Å²) in [6.45, 7) is 3.72. The molecule has 140 valence electrons. The van der Waals surface area contributed by atoms with E-state index in [0.29, 0.717) is 17.2 Å². The molecule has 0 saturated carbocycles. The lowest BCUT2D eigenvalue weighted by atomic mass is 10.2. The molecule has 0 bridgehead atoms. The molecular weight excluding hydrogens is 362 g/mol. The number of carbonyl (C=O) groups excluding carboxylic acids is 1. The van der Waals surface area contributed by atoms with Crippen molar-refractivity contribution in [1.82, 2.24) is 15.3 Å². The van der Waals surface area contributed by atoms with Crippen molar-refractivity contribution in [3.8, 4) is 17.0 Å². The number of imidazole rings is 1. The molecule has 2 aromatic carbocycles. The number of nitrogens with one attached hydrogen (secondary N) is 2. The van der Waals surface area contributed by atoms with Crippen molar-refractivity contribution in [1.29, 1.82) is 0 Å². The summed E-state index contributed by atoms with van der Waals surface area (Å²) < 4.78 is 5.69. The molecule has 3 rings (SSSR count). The minimum Gasteiger partial charge on any atom is -0.481 e. The Kier molecular flexibility index (Phi) is 6.14. The highest BCUT2D eigenvalue weighted by Gasteiger charge is 2.21. The van der Waals surface area contributed by atoms with Crippen molar-refractivity contribution in [3.05, 3.63) is 71.6 Å². The molecule has 1 aromatic heterocycles. The summed E-state index contributed by atoms with van der Waals surface area (Å²) in [5.41, 5.74) is 1.97. The van der Waals surface area contributed by atoms with E-state index in [1.165, 1.54) is 0 Å². The quantitative estimate of drug-likeness (QED) is 0.617. The third-order valence-electron chi connectivity index (χ3n) is 4.23. The van der Waals surface area contributed by atoms with Crippen molar-refractivity contribution in [2.45, 2.75) is 32.4 Å². The predicted octanol–water partition coefficient (Wildman–Crippen LogP) is 4.76. The maximum atomic E-state index is 12.5. The number of nitrogens with zero attached hydrogens (tertiary/aromatic N) is 1. The van der Waals surface area contributed by atoms with E-state index in [4.69, 9.17) is 16.3 Å². The number of carbonyl (C=O) groups is 1. The molecule has 2 unspecified atom stereocenters. The monoisotopic (exact) mass is 383 g/mol. The zero-order chi connectivity index (χ0) is 19.2. The third-order valence-corrected chi connectivity index (χ3v) is 4.48. The molecule has 0 aliphatic rings. The van der Waals surface area contributed by atoms with Gasteiger partial charge in [-0.2, -0.15) is 0 Å². The summed E-state index contributed by atoms with van der Waals surface area (Å²) >= 11 is 5.87. The van der Waals surface area contributed by atoms with Crippen LogP contribution in [0.4, 0.5) is 0 Å². The van der Waals surface area contributed by atoms with Gasteiger partial charge in [-0.15, -0.1) is 0 Å². The SMILES string of the molecule is CCC(NC(=O)C(C)Oc1ccc(Cl)cc1)c1ncc(-c2ccccc2)[nH]1. The van der Waals surface area contributed by atoms with Crippen LogP contribution < -0.4 is 10.1 Å². The van der Waals surface area contributed by atoms with Gasteiger partial charge in [0.05, 0.1) is 17.9 Å². The van der Waals surface area contributed by atoms with Crippen LogP contribution in [0, 0.1) is 0 Å². The number of aromatic nitrogens is 2. The smallest absolute Gasteiger partial charge is 0.261 e. The molecule has 0 saturated heterocycles. The van der Waals surface area contributed by atoms with Gasteiger partial charge in [0, 0.05) is 5.02 Å². The second-order valence-corrected chi connectivity index (χ2v) is 6.67. The lowest BCUT2D eigenvalue weighted by Gasteiger charge is -2.19. The van der Waals surface area contributed by atoms with Gasteiger partial charge < -0.3 is 15.0 Å². The van der Waals surface area contributed by atoms with E-state index < -0.39 is 6.10 Å². The fourth-order valence-electron chi connectivity index (χ4n) is 2.70. The zero-order valence-corrected chi connectivity index (χ0v) is 16.0. The number of H-pyrrole nitrogens is 1. The van der Waals surface area contributed by atoms with E-state index in [9.17, 15) is 4.79 Å². The van der Waals surface area contributed by atoms with E-state index in [0.717, 1.165) is 17.1 Å². The molecule has 1 heterocycles. The first-order chi connectivity index (χ1) is 13.1. The Morgan fingerprint density at radius 3 is 2.56 bits per heavy atom. The van der Waals surface area contributed by atoms with Crippen molar-refractivity contribution in [3.63, 3.8) is 0 Å². The number of benzene rings is 2. The Hall–Kier alpha value is -2.79. The zero-order valence-electron chi connectivity index (χ0n) is 15.3. The predicted molar refractivity (Wildman–Crippen MR) is 107 cm³/mol. The Bertz CT molecular complexity index is 878. The average Bonchev–Trinajstić information content (AvgIpc) is 3.18. The average molecular weight is 384 g/mol. The molecule has 0 aliphatic heterocycles. The maximum absolute atomic E-state index is 12.5. The summed E-state index contributed by atoms with van der Waals surface area (Å²) in [4.78, 5) is 20.3. The van der Waals surface area contributed by atoms with Crippen LogP contribution in [0.1, 0.15) is 32.1 Å². The number of amides is 1. The summed E-state index contributed by atoms with van der Waals surface area (Å²) in [6.07, 6.45) is 1.86. The van der Waals surface area contributed by atoms with Crippen LogP contribution in [0.2, 0.25) is 5.02 Å². The standard InChI is InChI=1S/C21H22ClN3O2/c1-3-18(20-23-13-19(24-20)15-7-5-4-6-8-15)25-21(26)14(2)27-17-11-9-16(22)10-12-17/h4-14,18H,3H2,1-2H3,(H,23,24)(H,25,26). The van der Waals surface area contributed by atoms with Crippen LogP contribution in [0.5, 0.6) is 5.75 Å². The number of aromatic amines is 1. The summed E-state index contributed by atoms with van der Waals surface area (Å²) in [5.74, 6) is 1.12. The molecular formula is C21H22ClN3O2. The van der Waals surface area contributed by atoms with Gasteiger partial charge in [-0.25, -0.2) is 4.98 Å². The largest absolute Gasteiger partial charge is 0.481 e. The minimum atomic E-state index is -0.635. The van der Waals surface area contributed by atoms with Gasteiger partial charge in [-0.05, 0) is 43.2 Å². The molecule has 5 nitrogen and oxygen atoms in total. The molecule has 0 radical (unpaired) electrons. The third kappa shape index (κ3) is 4.89. The Labute approximate surface area is 163 Å². The van der Waals surface area contributed by atoms with Crippen LogP contribution in [-0.4, -0.2) is 22.0 Å². The molecule has 6 heteroatoms. The Morgan fingerprint density at radius 2 is 1.89 bits per heavy atom. The summed E-state index contributed by atoms with van der Waals surface area (Å²) in [6, 6.07) is 16.7. The summed E-state index contributed by atoms with van der Waals surface area (Å²) in [5, 5.41) is 3.62. The molecule has 1 amide bonds. The van der Waals surface area contributed by atoms with Crippen LogP contribution >= 0.6 is 11.6 Å². The highest BCUT2D eigenvalue weighted by atomic mass is 35.5. The molecule has 0 fully saturated rings. The fourth-order valence-corrected chi connectivity index (χ4v) is 2.83. The normalized spacial score (nSPS) is 13.0.